The van der Waals surface area contributed by atoms with Gasteiger partial charge in [-0.05, 0) is 13.0 Å². The number of hydrogen-bond donors (Lipinski definition) is 2. The average Bonchev–Trinajstić information content (AvgIpc) is 2.19. The van der Waals surface area contributed by atoms with Gasteiger partial charge in [-0.2, -0.15) is 5.26 Å². The van der Waals surface area contributed by atoms with Gasteiger partial charge in [0.1, 0.15) is 11.9 Å². The van der Waals surface area contributed by atoms with Gasteiger partial charge in [0.15, 0.2) is 5.69 Å². The highest BCUT2D eigenvalue weighted by molar-refractivity contribution is 5.32. The molecule has 1 heterocycles. The topological polar surface area (TPSA) is 87.6 Å². The van der Waals surface area contributed by atoms with Crippen LogP contribution in [0.4, 0.5) is 5.82 Å². The minimum Gasteiger partial charge on any atom is -0.369 e. The first-order chi connectivity index (χ1) is 6.36. The molecule has 0 amide bonds. The quantitative estimate of drug-likeness (QED) is 0.637. The van der Waals surface area contributed by atoms with Crippen molar-refractivity contribution in [2.75, 3.05) is 18.4 Å². The summed E-state index contributed by atoms with van der Waals surface area (Å²) in [5.74, 6) is 0.674. The monoisotopic (exact) mass is 177 g/mol. The third-order valence-corrected chi connectivity index (χ3v) is 1.45. The Kier molecular flexibility index (Phi) is 3.67. The van der Waals surface area contributed by atoms with E-state index in [1.165, 1.54) is 12.4 Å². The summed E-state index contributed by atoms with van der Waals surface area (Å²) in [7, 11) is 0. The first kappa shape index (κ1) is 9.42. The van der Waals surface area contributed by atoms with Crippen molar-refractivity contribution < 1.29 is 0 Å². The van der Waals surface area contributed by atoms with Crippen molar-refractivity contribution in [2.45, 2.75) is 6.42 Å². The molecule has 1 rings (SSSR count). The summed E-state index contributed by atoms with van der Waals surface area (Å²) >= 11 is 0. The maximum atomic E-state index is 8.45. The van der Waals surface area contributed by atoms with Crippen molar-refractivity contribution in [3.8, 4) is 6.07 Å². The number of hydrogen-bond acceptors (Lipinski definition) is 5. The molecular weight excluding hydrogens is 166 g/mol. The fraction of sp³-hybridized carbons (Fsp3) is 0.375. The molecule has 0 atom stereocenters. The van der Waals surface area contributed by atoms with Crippen molar-refractivity contribution in [3.63, 3.8) is 0 Å². The lowest BCUT2D eigenvalue weighted by atomic mass is 10.4. The molecule has 3 N–H and O–H groups in total. The molecule has 1 aromatic rings. The number of nitriles is 1. The Balaban J connectivity index is 2.46. The van der Waals surface area contributed by atoms with Crippen LogP contribution in [0, 0.1) is 11.3 Å². The number of aromatic nitrogens is 2. The molecule has 0 fully saturated rings. The molecule has 5 heteroatoms. The van der Waals surface area contributed by atoms with E-state index in [0.29, 0.717) is 18.1 Å². The molecule has 0 saturated heterocycles. The van der Waals surface area contributed by atoms with E-state index in [-0.39, 0.29) is 0 Å². The molecule has 0 spiro atoms. The van der Waals surface area contributed by atoms with E-state index in [1.54, 1.807) is 0 Å². The Morgan fingerprint density at radius 2 is 2.31 bits per heavy atom. The fourth-order valence-corrected chi connectivity index (χ4v) is 0.796. The van der Waals surface area contributed by atoms with Crippen LogP contribution in [-0.4, -0.2) is 23.1 Å². The van der Waals surface area contributed by atoms with Gasteiger partial charge < -0.3 is 11.1 Å². The predicted octanol–water partition coefficient (Wildman–Crippen LogP) is 0.109. The Hall–Kier alpha value is -1.67. The van der Waals surface area contributed by atoms with Crippen molar-refractivity contribution in [3.05, 3.63) is 18.1 Å². The molecule has 0 unspecified atom stereocenters. The van der Waals surface area contributed by atoms with Crippen molar-refractivity contribution in [2.24, 2.45) is 5.73 Å². The Labute approximate surface area is 76.6 Å². The van der Waals surface area contributed by atoms with Gasteiger partial charge in [-0.1, -0.05) is 0 Å². The van der Waals surface area contributed by atoms with Crippen LogP contribution in [-0.2, 0) is 0 Å². The van der Waals surface area contributed by atoms with E-state index in [1.807, 2.05) is 6.07 Å². The number of nitrogens with two attached hydrogens (primary N) is 1. The Morgan fingerprint density at radius 1 is 1.46 bits per heavy atom. The smallest absolute Gasteiger partial charge is 0.158 e. The number of nitrogens with one attached hydrogen (secondary N) is 1. The van der Waals surface area contributed by atoms with Gasteiger partial charge in [0.2, 0.25) is 0 Å². The molecule has 0 bridgehead atoms. The standard InChI is InChI=1S/C8H11N5/c9-2-1-3-11-8-6-12-7(4-10)5-13-8/h5-6H,1-3,9H2,(H,11,13). The normalized spacial score (nSPS) is 9.23. The molecule has 68 valence electrons. The van der Waals surface area contributed by atoms with E-state index < -0.39 is 0 Å². The second-order valence-corrected chi connectivity index (χ2v) is 2.47. The lowest BCUT2D eigenvalue weighted by molar-refractivity contribution is 0.868. The van der Waals surface area contributed by atoms with Crippen molar-refractivity contribution in [1.82, 2.24) is 9.97 Å². The zero-order valence-corrected chi connectivity index (χ0v) is 7.20. The highest BCUT2D eigenvalue weighted by Crippen LogP contribution is 1.99. The first-order valence-electron chi connectivity index (χ1n) is 4.03. The molecule has 1 aromatic heterocycles. The van der Waals surface area contributed by atoms with Gasteiger partial charge >= 0.3 is 0 Å². The van der Waals surface area contributed by atoms with Crippen LogP contribution in [0.3, 0.4) is 0 Å². The molecule has 0 saturated carbocycles. The van der Waals surface area contributed by atoms with E-state index in [2.05, 4.69) is 15.3 Å². The van der Waals surface area contributed by atoms with Crippen LogP contribution in [0.25, 0.3) is 0 Å². The Morgan fingerprint density at radius 3 is 2.85 bits per heavy atom. The summed E-state index contributed by atoms with van der Waals surface area (Å²) in [6, 6.07) is 1.90. The largest absolute Gasteiger partial charge is 0.369 e. The summed E-state index contributed by atoms with van der Waals surface area (Å²) < 4.78 is 0. The molecule has 0 radical (unpaired) electrons. The molecule has 5 nitrogen and oxygen atoms in total. The second kappa shape index (κ2) is 5.06. The lowest BCUT2D eigenvalue weighted by Crippen LogP contribution is -2.09. The van der Waals surface area contributed by atoms with Gasteiger partial charge in [0.05, 0.1) is 12.4 Å². The zero-order valence-electron chi connectivity index (χ0n) is 7.20. The van der Waals surface area contributed by atoms with Gasteiger partial charge in [-0.25, -0.2) is 9.97 Å². The summed E-state index contributed by atoms with van der Waals surface area (Å²) in [4.78, 5) is 7.84. The number of anilines is 1. The molecule has 0 aromatic carbocycles. The van der Waals surface area contributed by atoms with Crippen molar-refractivity contribution in [1.29, 1.82) is 5.26 Å². The average molecular weight is 177 g/mol. The zero-order chi connectivity index (χ0) is 9.52. The molecule has 0 aliphatic carbocycles. The molecule has 13 heavy (non-hydrogen) atoms. The molecular formula is C8H11N5. The van der Waals surface area contributed by atoms with Crippen LogP contribution in [0.5, 0.6) is 0 Å². The SMILES string of the molecule is N#Cc1cnc(NCCCN)cn1. The van der Waals surface area contributed by atoms with E-state index in [4.69, 9.17) is 11.0 Å². The van der Waals surface area contributed by atoms with Gasteiger partial charge in [0, 0.05) is 6.54 Å². The van der Waals surface area contributed by atoms with E-state index in [9.17, 15) is 0 Å². The summed E-state index contributed by atoms with van der Waals surface area (Å²) in [6.07, 6.45) is 3.86. The minimum atomic E-state index is 0.323. The second-order valence-electron chi connectivity index (χ2n) is 2.47. The van der Waals surface area contributed by atoms with E-state index in [0.717, 1.165) is 13.0 Å². The lowest BCUT2D eigenvalue weighted by Gasteiger charge is -2.02. The molecule has 0 aliphatic heterocycles. The third kappa shape index (κ3) is 3.05. The summed E-state index contributed by atoms with van der Waals surface area (Å²) in [5.41, 5.74) is 5.64. The summed E-state index contributed by atoms with van der Waals surface area (Å²) in [6.45, 7) is 1.42. The molecule has 0 aliphatic rings. The van der Waals surface area contributed by atoms with Crippen LogP contribution >= 0.6 is 0 Å². The fourth-order valence-electron chi connectivity index (χ4n) is 0.796. The van der Waals surface area contributed by atoms with Crippen LogP contribution in [0.15, 0.2) is 12.4 Å². The highest BCUT2D eigenvalue weighted by atomic mass is 15.0. The number of rotatable bonds is 4. The van der Waals surface area contributed by atoms with Gasteiger partial charge in [-0.3, -0.25) is 0 Å². The van der Waals surface area contributed by atoms with Crippen LogP contribution in [0.2, 0.25) is 0 Å². The van der Waals surface area contributed by atoms with Crippen LogP contribution in [0.1, 0.15) is 12.1 Å². The highest BCUT2D eigenvalue weighted by Gasteiger charge is 1.94. The van der Waals surface area contributed by atoms with Crippen LogP contribution < -0.4 is 11.1 Å². The predicted molar refractivity (Wildman–Crippen MR) is 48.9 cm³/mol. The van der Waals surface area contributed by atoms with E-state index >= 15 is 0 Å². The minimum absolute atomic E-state index is 0.323. The van der Waals surface area contributed by atoms with Crippen molar-refractivity contribution >= 4 is 5.82 Å². The maximum Gasteiger partial charge on any atom is 0.158 e. The number of nitrogens with zero attached hydrogens (tertiary/aromatic N) is 3. The first-order valence-corrected chi connectivity index (χ1v) is 4.03. The summed E-state index contributed by atoms with van der Waals surface area (Å²) in [5, 5.41) is 11.5. The Bertz CT molecular complexity index is 286. The van der Waals surface area contributed by atoms with Gasteiger partial charge in [-0.15, -0.1) is 0 Å². The maximum absolute atomic E-state index is 8.45. The van der Waals surface area contributed by atoms with Gasteiger partial charge in [0.25, 0.3) is 0 Å². The third-order valence-electron chi connectivity index (χ3n) is 1.45.